The van der Waals surface area contributed by atoms with Gasteiger partial charge in [-0.2, -0.15) is 13.2 Å². The summed E-state index contributed by atoms with van der Waals surface area (Å²) in [4.78, 5) is 0. The number of hydrogen-bond donors (Lipinski definition) is 0. The fourth-order valence-corrected chi connectivity index (χ4v) is 4.63. The van der Waals surface area contributed by atoms with Gasteiger partial charge in [-0.3, -0.25) is 0 Å². The molecule has 0 unspecified atom stereocenters. The van der Waals surface area contributed by atoms with E-state index in [-0.39, 0.29) is 7.43 Å². The Bertz CT molecular complexity index is 487. The molecule has 24 heavy (non-hydrogen) atoms. The summed E-state index contributed by atoms with van der Waals surface area (Å²) in [5.41, 5.74) is 0.556. The van der Waals surface area contributed by atoms with Crippen LogP contribution in [0.25, 0.3) is 0 Å². The van der Waals surface area contributed by atoms with Crippen molar-refractivity contribution in [1.29, 1.82) is 0 Å². The van der Waals surface area contributed by atoms with Crippen LogP contribution in [0.2, 0.25) is 0 Å². The van der Waals surface area contributed by atoms with Gasteiger partial charge in [-0.1, -0.05) is 39.3 Å². The molecule has 0 aliphatic heterocycles. The van der Waals surface area contributed by atoms with E-state index in [9.17, 15) is 13.2 Å². The summed E-state index contributed by atoms with van der Waals surface area (Å²) in [5, 5.41) is 0. The zero-order valence-electron chi connectivity index (χ0n) is 13.9. The molecule has 0 saturated heterocycles. The number of rotatable bonds is 2. The smallest absolute Gasteiger partial charge is 0.166 e. The molecular weight excluding hydrogens is 309 g/mol. The van der Waals surface area contributed by atoms with Crippen LogP contribution in [0.3, 0.4) is 0 Å². The van der Waals surface area contributed by atoms with Crippen LogP contribution in [0.15, 0.2) is 24.3 Å². The van der Waals surface area contributed by atoms with E-state index in [0.717, 1.165) is 36.2 Å². The number of hydrogen-bond acceptors (Lipinski definition) is 0. The Hall–Kier alpha value is -0.990. The van der Waals surface area contributed by atoms with Crippen molar-refractivity contribution in [2.24, 2.45) is 17.8 Å². The third-order valence-corrected chi connectivity index (χ3v) is 6.21. The van der Waals surface area contributed by atoms with Crippen LogP contribution >= 0.6 is 0 Å². The summed E-state index contributed by atoms with van der Waals surface area (Å²) in [5.74, 6) is 3.11. The minimum atomic E-state index is -4.23. The van der Waals surface area contributed by atoms with Crippen LogP contribution in [0.1, 0.15) is 82.8 Å². The molecule has 0 atom stereocenters. The maximum Gasteiger partial charge on any atom is 0.416 e. The van der Waals surface area contributed by atoms with Gasteiger partial charge in [-0.05, 0) is 79.9 Å². The predicted molar refractivity (Wildman–Crippen MR) is 94.0 cm³/mol. The predicted octanol–water partition coefficient (Wildman–Crippen LogP) is 7.44. The third kappa shape index (κ3) is 4.55. The highest BCUT2D eigenvalue weighted by Crippen LogP contribution is 2.44. The Labute approximate surface area is 144 Å². The van der Waals surface area contributed by atoms with Gasteiger partial charge in [0.05, 0.1) is 5.56 Å². The molecule has 3 rings (SSSR count). The van der Waals surface area contributed by atoms with E-state index in [1.807, 2.05) is 0 Å². The van der Waals surface area contributed by atoms with E-state index in [0.29, 0.717) is 5.92 Å². The number of benzene rings is 1. The molecular formula is C21H31F3. The summed E-state index contributed by atoms with van der Waals surface area (Å²) < 4.78 is 37.9. The minimum absolute atomic E-state index is 0. The average Bonchev–Trinajstić information content (AvgIpc) is 2.55. The lowest BCUT2D eigenvalue weighted by Gasteiger charge is -2.37. The van der Waals surface area contributed by atoms with Gasteiger partial charge in [0.2, 0.25) is 0 Å². The molecule has 2 aliphatic rings. The normalized spacial score (nSPS) is 31.3. The Morgan fingerprint density at radius 1 is 0.750 bits per heavy atom. The first-order valence-corrected chi connectivity index (χ1v) is 9.10. The average molecular weight is 340 g/mol. The molecule has 2 fully saturated rings. The molecule has 2 saturated carbocycles. The first-order chi connectivity index (χ1) is 10.9. The first-order valence-electron chi connectivity index (χ1n) is 9.10. The van der Waals surface area contributed by atoms with E-state index in [1.54, 1.807) is 12.1 Å². The lowest BCUT2D eigenvalue weighted by Crippen LogP contribution is -2.24. The van der Waals surface area contributed by atoms with Gasteiger partial charge in [-0.25, -0.2) is 0 Å². The summed E-state index contributed by atoms with van der Waals surface area (Å²) >= 11 is 0. The summed E-state index contributed by atoms with van der Waals surface area (Å²) in [6.07, 6.45) is 6.09. The Kier molecular flexibility index (Phi) is 6.39. The number of alkyl halides is 3. The second-order valence-electron chi connectivity index (χ2n) is 7.75. The standard InChI is InChI=1S/C20H27F3.CH4/c1-14-2-4-15(5-3-14)16-6-8-17(9-7-16)18-10-12-19(13-11-18)20(21,22)23;/h10-17H,2-9H2,1H3;1H4. The third-order valence-electron chi connectivity index (χ3n) is 6.21. The molecule has 1 aromatic rings. The molecule has 0 N–H and O–H groups in total. The lowest BCUT2D eigenvalue weighted by molar-refractivity contribution is -0.137. The summed E-state index contributed by atoms with van der Waals surface area (Å²) in [6.45, 7) is 2.36. The molecule has 0 aromatic heterocycles. The van der Waals surface area contributed by atoms with Crippen molar-refractivity contribution >= 4 is 0 Å². The highest BCUT2D eigenvalue weighted by Gasteiger charge is 2.32. The Morgan fingerprint density at radius 3 is 1.67 bits per heavy atom. The van der Waals surface area contributed by atoms with Crippen molar-refractivity contribution in [3.8, 4) is 0 Å². The molecule has 0 spiro atoms. The molecule has 0 heterocycles. The van der Waals surface area contributed by atoms with Gasteiger partial charge < -0.3 is 0 Å². The molecule has 3 heteroatoms. The lowest BCUT2D eigenvalue weighted by atomic mass is 9.68. The molecule has 1 aromatic carbocycles. The van der Waals surface area contributed by atoms with Gasteiger partial charge in [0, 0.05) is 0 Å². The molecule has 0 bridgehead atoms. The SMILES string of the molecule is C.CC1CCC(C2CCC(c3ccc(C(F)(F)F)cc3)CC2)CC1. The van der Waals surface area contributed by atoms with Gasteiger partial charge in [-0.15, -0.1) is 0 Å². The summed E-state index contributed by atoms with van der Waals surface area (Å²) in [7, 11) is 0. The highest BCUT2D eigenvalue weighted by atomic mass is 19.4. The van der Waals surface area contributed by atoms with Crippen LogP contribution in [0, 0.1) is 17.8 Å². The second kappa shape index (κ2) is 7.93. The van der Waals surface area contributed by atoms with Crippen molar-refractivity contribution in [1.82, 2.24) is 0 Å². The highest BCUT2D eigenvalue weighted by molar-refractivity contribution is 5.27. The van der Waals surface area contributed by atoms with Gasteiger partial charge >= 0.3 is 6.18 Å². The van der Waals surface area contributed by atoms with Crippen LogP contribution in [-0.2, 0) is 6.18 Å². The van der Waals surface area contributed by atoms with Gasteiger partial charge in [0.15, 0.2) is 0 Å². The van der Waals surface area contributed by atoms with Crippen LogP contribution < -0.4 is 0 Å². The Balaban J connectivity index is 0.00000208. The van der Waals surface area contributed by atoms with E-state index >= 15 is 0 Å². The minimum Gasteiger partial charge on any atom is -0.166 e. The fraction of sp³-hybridized carbons (Fsp3) is 0.714. The van der Waals surface area contributed by atoms with Crippen molar-refractivity contribution in [2.45, 2.75) is 77.8 Å². The first kappa shape index (κ1) is 19.3. The zero-order valence-corrected chi connectivity index (χ0v) is 13.9. The van der Waals surface area contributed by atoms with Crippen LogP contribution in [-0.4, -0.2) is 0 Å². The molecule has 0 nitrogen and oxygen atoms in total. The van der Waals surface area contributed by atoms with Gasteiger partial charge in [0.25, 0.3) is 0 Å². The molecule has 136 valence electrons. The summed E-state index contributed by atoms with van der Waals surface area (Å²) in [6, 6.07) is 5.86. The quantitative estimate of drug-likeness (QED) is 0.524. The monoisotopic (exact) mass is 340 g/mol. The molecule has 0 amide bonds. The Morgan fingerprint density at radius 2 is 1.21 bits per heavy atom. The maximum atomic E-state index is 12.6. The van der Waals surface area contributed by atoms with Crippen molar-refractivity contribution < 1.29 is 13.2 Å². The van der Waals surface area contributed by atoms with Gasteiger partial charge in [0.1, 0.15) is 0 Å². The molecule has 0 radical (unpaired) electrons. The number of halogens is 3. The van der Waals surface area contributed by atoms with E-state index in [4.69, 9.17) is 0 Å². The second-order valence-corrected chi connectivity index (χ2v) is 7.75. The fourth-order valence-electron chi connectivity index (χ4n) is 4.63. The topological polar surface area (TPSA) is 0 Å². The van der Waals surface area contributed by atoms with Crippen LogP contribution in [0.5, 0.6) is 0 Å². The van der Waals surface area contributed by atoms with Crippen molar-refractivity contribution in [3.05, 3.63) is 35.4 Å². The van der Waals surface area contributed by atoms with Crippen LogP contribution in [0.4, 0.5) is 13.2 Å². The maximum absolute atomic E-state index is 12.6. The zero-order chi connectivity index (χ0) is 16.4. The van der Waals surface area contributed by atoms with E-state index < -0.39 is 11.7 Å². The largest absolute Gasteiger partial charge is 0.416 e. The van der Waals surface area contributed by atoms with E-state index in [1.165, 1.54) is 50.7 Å². The van der Waals surface area contributed by atoms with Crippen molar-refractivity contribution in [3.63, 3.8) is 0 Å². The molecule has 2 aliphatic carbocycles. The van der Waals surface area contributed by atoms with Crippen molar-refractivity contribution in [2.75, 3.05) is 0 Å². The van der Waals surface area contributed by atoms with E-state index in [2.05, 4.69) is 6.92 Å².